The van der Waals surface area contributed by atoms with Crippen molar-refractivity contribution < 1.29 is 9.78 Å². The molecule has 1 aromatic carbocycles. The van der Waals surface area contributed by atoms with Gasteiger partial charge < -0.3 is 0 Å². The van der Waals surface area contributed by atoms with E-state index < -0.39 is 0 Å². The maximum absolute atomic E-state index is 5.61. The van der Waals surface area contributed by atoms with Gasteiger partial charge in [0.05, 0.1) is 0 Å². The highest BCUT2D eigenvalue weighted by Crippen LogP contribution is 2.40. The van der Waals surface area contributed by atoms with Gasteiger partial charge in [0.1, 0.15) is 11.7 Å². The summed E-state index contributed by atoms with van der Waals surface area (Å²) in [7, 11) is 0. The molecule has 2 rings (SSSR count). The summed E-state index contributed by atoms with van der Waals surface area (Å²) in [5, 5.41) is 0. The average molecular weight is 262 g/mol. The third kappa shape index (κ3) is 4.32. The third-order valence-electron chi connectivity index (χ3n) is 3.96. The minimum atomic E-state index is -0.104. The Morgan fingerprint density at radius 3 is 2.58 bits per heavy atom. The summed E-state index contributed by atoms with van der Waals surface area (Å²) in [5.74, 6) is 0. The van der Waals surface area contributed by atoms with Crippen molar-refractivity contribution in [2.75, 3.05) is 0 Å². The molecule has 2 unspecified atom stereocenters. The Morgan fingerprint density at radius 2 is 1.84 bits per heavy atom. The molecule has 1 saturated heterocycles. The summed E-state index contributed by atoms with van der Waals surface area (Å²) >= 11 is 0. The van der Waals surface area contributed by atoms with Gasteiger partial charge >= 0.3 is 0 Å². The summed E-state index contributed by atoms with van der Waals surface area (Å²) in [5.41, 5.74) is 1.12. The van der Waals surface area contributed by atoms with E-state index in [1.165, 1.54) is 37.7 Å². The highest BCUT2D eigenvalue weighted by molar-refractivity contribution is 5.18. The second-order valence-electron chi connectivity index (χ2n) is 5.90. The van der Waals surface area contributed by atoms with E-state index in [0.29, 0.717) is 0 Å². The van der Waals surface area contributed by atoms with E-state index in [9.17, 15) is 0 Å². The Kier molecular flexibility index (Phi) is 5.41. The van der Waals surface area contributed by atoms with Crippen LogP contribution in [0.5, 0.6) is 0 Å². The van der Waals surface area contributed by atoms with E-state index in [4.69, 9.17) is 9.78 Å². The van der Waals surface area contributed by atoms with Gasteiger partial charge in [-0.05, 0) is 18.9 Å². The maximum Gasteiger partial charge on any atom is 0.121 e. The molecule has 1 aliphatic rings. The molecule has 0 aromatic heterocycles. The second kappa shape index (κ2) is 7.06. The first-order valence-electron chi connectivity index (χ1n) is 7.63. The molecule has 2 heteroatoms. The fourth-order valence-corrected chi connectivity index (χ4v) is 2.72. The zero-order valence-corrected chi connectivity index (χ0v) is 12.2. The number of unbranched alkanes of at least 4 members (excludes halogenated alkanes) is 4. The van der Waals surface area contributed by atoms with Crippen molar-refractivity contribution in [3.8, 4) is 0 Å². The molecule has 1 heterocycles. The van der Waals surface area contributed by atoms with Crippen LogP contribution in [0.15, 0.2) is 30.3 Å². The quantitative estimate of drug-likeness (QED) is 0.497. The molecule has 2 atom stereocenters. The molecule has 1 aromatic rings. The van der Waals surface area contributed by atoms with Crippen LogP contribution in [0, 0.1) is 0 Å². The molecule has 0 aliphatic carbocycles. The number of benzene rings is 1. The van der Waals surface area contributed by atoms with Crippen LogP contribution in [0.1, 0.15) is 70.5 Å². The highest BCUT2D eigenvalue weighted by atomic mass is 17.2. The standard InChI is InChI=1S/C17H26O2/c1-3-4-5-6-10-13-17(2)14-16(18-19-17)15-11-8-7-9-12-15/h7-9,11-12,16H,3-6,10,13-14H2,1-2H3. The van der Waals surface area contributed by atoms with Gasteiger partial charge in [-0.1, -0.05) is 69.4 Å². The molecule has 106 valence electrons. The lowest BCUT2D eigenvalue weighted by Crippen LogP contribution is -2.22. The normalized spacial score (nSPS) is 26.7. The number of rotatable bonds is 7. The predicted octanol–water partition coefficient (Wildman–Crippen LogP) is 5.20. The van der Waals surface area contributed by atoms with E-state index in [1.807, 2.05) is 6.07 Å². The lowest BCUT2D eigenvalue weighted by atomic mass is 9.90. The van der Waals surface area contributed by atoms with Crippen molar-refractivity contribution in [3.63, 3.8) is 0 Å². The first kappa shape index (κ1) is 14.5. The Labute approximate surface area is 117 Å². The van der Waals surface area contributed by atoms with E-state index in [0.717, 1.165) is 12.8 Å². The molecule has 2 nitrogen and oxygen atoms in total. The summed E-state index contributed by atoms with van der Waals surface area (Å²) < 4.78 is 0. The number of hydrogen-bond donors (Lipinski definition) is 0. The molecule has 0 saturated carbocycles. The first-order chi connectivity index (χ1) is 9.23. The fourth-order valence-electron chi connectivity index (χ4n) is 2.72. The van der Waals surface area contributed by atoms with E-state index in [1.54, 1.807) is 0 Å². The van der Waals surface area contributed by atoms with Crippen molar-refractivity contribution in [1.29, 1.82) is 0 Å². The maximum atomic E-state index is 5.61. The Hall–Kier alpha value is -0.860. The van der Waals surface area contributed by atoms with E-state index in [-0.39, 0.29) is 11.7 Å². The van der Waals surface area contributed by atoms with Crippen LogP contribution in [-0.4, -0.2) is 5.60 Å². The molecule has 0 N–H and O–H groups in total. The third-order valence-corrected chi connectivity index (χ3v) is 3.96. The zero-order chi connectivity index (χ0) is 13.6. The Bertz CT molecular complexity index is 363. The van der Waals surface area contributed by atoms with Gasteiger partial charge in [0.25, 0.3) is 0 Å². The van der Waals surface area contributed by atoms with Crippen molar-refractivity contribution in [3.05, 3.63) is 35.9 Å². The van der Waals surface area contributed by atoms with Crippen LogP contribution < -0.4 is 0 Å². The van der Waals surface area contributed by atoms with Gasteiger partial charge in [0, 0.05) is 6.42 Å². The van der Waals surface area contributed by atoms with Gasteiger partial charge in [-0.15, -0.1) is 0 Å². The van der Waals surface area contributed by atoms with E-state index in [2.05, 4.69) is 38.1 Å². The SMILES string of the molecule is CCCCCCCC1(C)CC(c2ccccc2)OO1. The molecule has 1 fully saturated rings. The van der Waals surface area contributed by atoms with Gasteiger partial charge in [-0.25, -0.2) is 9.78 Å². The fraction of sp³-hybridized carbons (Fsp3) is 0.647. The molecule has 0 bridgehead atoms. The lowest BCUT2D eigenvalue weighted by molar-refractivity contribution is -0.325. The molecular formula is C17H26O2. The molecule has 0 spiro atoms. The summed E-state index contributed by atoms with van der Waals surface area (Å²) in [6.45, 7) is 4.43. The van der Waals surface area contributed by atoms with Gasteiger partial charge in [-0.2, -0.15) is 0 Å². The topological polar surface area (TPSA) is 18.5 Å². The molecule has 19 heavy (non-hydrogen) atoms. The molecule has 0 radical (unpaired) electrons. The second-order valence-corrected chi connectivity index (χ2v) is 5.90. The monoisotopic (exact) mass is 262 g/mol. The van der Waals surface area contributed by atoms with Gasteiger partial charge in [-0.3, -0.25) is 0 Å². The minimum absolute atomic E-state index is 0.0989. The largest absolute Gasteiger partial charge is 0.230 e. The molecule has 0 amide bonds. The van der Waals surface area contributed by atoms with Crippen molar-refractivity contribution >= 4 is 0 Å². The predicted molar refractivity (Wildman–Crippen MR) is 77.8 cm³/mol. The van der Waals surface area contributed by atoms with Crippen LogP contribution in [0.3, 0.4) is 0 Å². The first-order valence-corrected chi connectivity index (χ1v) is 7.63. The average Bonchev–Trinajstić information content (AvgIpc) is 2.83. The van der Waals surface area contributed by atoms with Gasteiger partial charge in [0.2, 0.25) is 0 Å². The smallest absolute Gasteiger partial charge is 0.121 e. The van der Waals surface area contributed by atoms with Crippen LogP contribution >= 0.6 is 0 Å². The molecule has 1 aliphatic heterocycles. The Morgan fingerprint density at radius 1 is 1.11 bits per heavy atom. The summed E-state index contributed by atoms with van der Waals surface area (Å²) in [4.78, 5) is 11.1. The lowest BCUT2D eigenvalue weighted by Gasteiger charge is -2.19. The minimum Gasteiger partial charge on any atom is -0.230 e. The van der Waals surface area contributed by atoms with Crippen LogP contribution in [0.2, 0.25) is 0 Å². The Balaban J connectivity index is 1.76. The molecular weight excluding hydrogens is 236 g/mol. The van der Waals surface area contributed by atoms with Crippen molar-refractivity contribution in [2.45, 2.75) is 70.5 Å². The highest BCUT2D eigenvalue weighted by Gasteiger charge is 2.38. The van der Waals surface area contributed by atoms with Crippen molar-refractivity contribution in [2.24, 2.45) is 0 Å². The summed E-state index contributed by atoms with van der Waals surface area (Å²) in [6, 6.07) is 10.4. The van der Waals surface area contributed by atoms with E-state index >= 15 is 0 Å². The van der Waals surface area contributed by atoms with Crippen LogP contribution in [0.25, 0.3) is 0 Å². The van der Waals surface area contributed by atoms with Crippen LogP contribution in [0.4, 0.5) is 0 Å². The number of hydrogen-bond acceptors (Lipinski definition) is 2. The summed E-state index contributed by atoms with van der Waals surface area (Å²) in [6.07, 6.45) is 8.69. The zero-order valence-electron chi connectivity index (χ0n) is 12.2. The van der Waals surface area contributed by atoms with Crippen molar-refractivity contribution in [1.82, 2.24) is 0 Å². The van der Waals surface area contributed by atoms with Crippen LogP contribution in [-0.2, 0) is 9.78 Å². The van der Waals surface area contributed by atoms with Gasteiger partial charge in [0.15, 0.2) is 0 Å².